The fourth-order valence-corrected chi connectivity index (χ4v) is 3.35. The van der Waals surface area contributed by atoms with E-state index in [1.165, 1.54) is 12.1 Å². The van der Waals surface area contributed by atoms with Gasteiger partial charge >= 0.3 is 4.87 Å². The summed E-state index contributed by atoms with van der Waals surface area (Å²) >= 11 is 0.886. The van der Waals surface area contributed by atoms with E-state index in [1.54, 1.807) is 18.2 Å². The molecule has 0 radical (unpaired) electrons. The van der Waals surface area contributed by atoms with Crippen molar-refractivity contribution in [3.63, 3.8) is 0 Å². The molecule has 0 spiro atoms. The molecule has 134 valence electrons. The number of carbonyl (C=O) groups is 1. The lowest BCUT2D eigenvalue weighted by Gasteiger charge is -2.07. The molecule has 3 aromatic rings. The highest BCUT2D eigenvalue weighted by Crippen LogP contribution is 2.25. The number of anilines is 2. The summed E-state index contributed by atoms with van der Waals surface area (Å²) < 4.78 is 26.5. The zero-order chi connectivity index (χ0) is 19.0. The van der Waals surface area contributed by atoms with Crippen molar-refractivity contribution in [2.24, 2.45) is 4.99 Å². The van der Waals surface area contributed by atoms with Crippen molar-refractivity contribution in [3.05, 3.63) is 84.8 Å². The summed E-state index contributed by atoms with van der Waals surface area (Å²) in [5.74, 6) is -2.12. The first-order chi connectivity index (χ1) is 13.0. The van der Waals surface area contributed by atoms with E-state index in [0.29, 0.717) is 15.8 Å². The predicted molar refractivity (Wildman–Crippen MR) is 99.3 cm³/mol. The molecule has 0 aliphatic carbocycles. The molecule has 1 aliphatic heterocycles. The number of carbonyl (C=O) groups excluding carboxylic acids is 1. The molecular formula is C19H11F2N3O2S. The number of nitrogens with one attached hydrogen (secondary N) is 2. The molecule has 4 rings (SSSR count). The monoisotopic (exact) mass is 383 g/mol. The van der Waals surface area contributed by atoms with E-state index in [0.717, 1.165) is 28.7 Å². The van der Waals surface area contributed by atoms with E-state index in [-0.39, 0.29) is 16.4 Å². The lowest BCUT2D eigenvalue weighted by molar-refractivity contribution is -0.114. The predicted octanol–water partition coefficient (Wildman–Crippen LogP) is 2.48. The molecule has 1 aliphatic rings. The average molecular weight is 383 g/mol. The van der Waals surface area contributed by atoms with E-state index < -0.39 is 17.5 Å². The standard InChI is InChI=1S/C19H11F2N3O2S/c20-13-6-5-12(9-14(13)21)22-17-16(27-19(26)24-17)8-11-7-10-3-1-2-4-15(10)23-18(11)25/h1-9,22H,(H,24,26). The maximum Gasteiger partial charge on any atom is 0.306 e. The Labute approximate surface area is 155 Å². The van der Waals surface area contributed by atoms with Crippen LogP contribution in [0.4, 0.5) is 20.3 Å². The molecule has 1 amide bonds. The van der Waals surface area contributed by atoms with Crippen LogP contribution in [0.1, 0.15) is 4.88 Å². The summed E-state index contributed by atoms with van der Waals surface area (Å²) in [6.45, 7) is 0. The highest BCUT2D eigenvalue weighted by molar-refractivity contribution is 7.10. The van der Waals surface area contributed by atoms with Gasteiger partial charge in [0.2, 0.25) is 0 Å². The molecule has 0 unspecified atom stereocenters. The van der Waals surface area contributed by atoms with Crippen molar-refractivity contribution in [2.45, 2.75) is 0 Å². The van der Waals surface area contributed by atoms with Gasteiger partial charge in [0.1, 0.15) is 5.82 Å². The van der Waals surface area contributed by atoms with Crippen LogP contribution < -0.4 is 20.8 Å². The minimum absolute atomic E-state index is 0.261. The second kappa shape index (κ2) is 6.73. The quantitative estimate of drug-likeness (QED) is 0.683. The van der Waals surface area contributed by atoms with Crippen LogP contribution in [-0.4, -0.2) is 10.9 Å². The number of para-hydroxylation sites is 1. The van der Waals surface area contributed by atoms with Crippen molar-refractivity contribution >= 4 is 40.9 Å². The van der Waals surface area contributed by atoms with E-state index in [2.05, 4.69) is 15.3 Å². The maximum absolute atomic E-state index is 13.4. The van der Waals surface area contributed by atoms with Gasteiger partial charge in [0.15, 0.2) is 11.6 Å². The second-order valence-electron chi connectivity index (χ2n) is 5.73. The first-order valence-electron chi connectivity index (χ1n) is 7.86. The van der Waals surface area contributed by atoms with Crippen molar-refractivity contribution in [2.75, 3.05) is 5.32 Å². The van der Waals surface area contributed by atoms with Crippen LogP contribution in [0.25, 0.3) is 12.2 Å². The molecule has 0 atom stereocenters. The third-order valence-corrected chi connectivity index (χ3v) is 4.70. The molecule has 0 saturated heterocycles. The Kier molecular flexibility index (Phi) is 4.25. The van der Waals surface area contributed by atoms with Crippen molar-refractivity contribution in [1.82, 2.24) is 4.98 Å². The summed E-state index contributed by atoms with van der Waals surface area (Å²) in [5.41, 5.74) is 0.578. The van der Waals surface area contributed by atoms with Gasteiger partial charge in [-0.1, -0.05) is 29.5 Å². The maximum atomic E-state index is 13.4. The minimum atomic E-state index is -1.01. The highest BCUT2D eigenvalue weighted by Gasteiger charge is 2.14. The molecule has 8 heteroatoms. The number of benzene rings is 2. The molecular weight excluding hydrogens is 372 g/mol. The largest absolute Gasteiger partial charge is 0.340 e. The lowest BCUT2D eigenvalue weighted by atomic mass is 10.1. The van der Waals surface area contributed by atoms with Gasteiger partial charge in [-0.3, -0.25) is 14.6 Å². The highest BCUT2D eigenvalue weighted by atomic mass is 32.1. The zero-order valence-electron chi connectivity index (χ0n) is 13.6. The normalized spacial score (nSPS) is 14.4. The van der Waals surface area contributed by atoms with Crippen LogP contribution >= 0.6 is 11.3 Å². The third-order valence-electron chi connectivity index (χ3n) is 3.87. The first-order valence-corrected chi connectivity index (χ1v) is 8.68. The number of amides is 1. The summed E-state index contributed by atoms with van der Waals surface area (Å²) in [6, 6.07) is 10.5. The number of rotatable bonds is 3. The summed E-state index contributed by atoms with van der Waals surface area (Å²) in [7, 11) is 0. The molecule has 5 nitrogen and oxygen atoms in total. The first kappa shape index (κ1) is 17.0. The number of H-pyrrole nitrogens is 1. The van der Waals surface area contributed by atoms with E-state index in [1.807, 2.05) is 12.1 Å². The molecule has 0 bridgehead atoms. The van der Waals surface area contributed by atoms with Crippen molar-refractivity contribution < 1.29 is 13.6 Å². The minimum Gasteiger partial charge on any atom is -0.340 e. The van der Waals surface area contributed by atoms with Gasteiger partial charge in [-0.05, 0) is 30.4 Å². The number of aromatic nitrogens is 1. The van der Waals surface area contributed by atoms with E-state index in [4.69, 9.17) is 0 Å². The van der Waals surface area contributed by atoms with Crippen LogP contribution in [0.3, 0.4) is 0 Å². The van der Waals surface area contributed by atoms with Crippen LogP contribution in [0.5, 0.6) is 0 Å². The van der Waals surface area contributed by atoms with Gasteiger partial charge < -0.3 is 5.32 Å². The van der Waals surface area contributed by atoms with Crippen LogP contribution in [0.2, 0.25) is 0 Å². The third kappa shape index (κ3) is 3.47. The van der Waals surface area contributed by atoms with E-state index >= 15 is 0 Å². The Morgan fingerprint density at radius 2 is 1.89 bits per heavy atom. The Morgan fingerprint density at radius 1 is 1.07 bits per heavy atom. The molecule has 0 saturated carbocycles. The SMILES string of the molecule is O=C1N=c2ccccc2=CC1=Cc1sc(=O)[nH]c1Nc1ccc(F)c(F)c1. The van der Waals surface area contributed by atoms with E-state index in [9.17, 15) is 18.4 Å². The Bertz CT molecular complexity index is 1270. The Morgan fingerprint density at radius 3 is 2.70 bits per heavy atom. The van der Waals surface area contributed by atoms with Crippen LogP contribution in [0, 0.1) is 11.6 Å². The fourth-order valence-electron chi connectivity index (χ4n) is 2.61. The van der Waals surface area contributed by atoms with Crippen molar-refractivity contribution in [3.8, 4) is 0 Å². The number of aromatic amines is 1. The molecule has 27 heavy (non-hydrogen) atoms. The fraction of sp³-hybridized carbons (Fsp3) is 0. The molecule has 2 heterocycles. The number of fused-ring (bicyclic) bond motifs is 1. The number of hydrogen-bond donors (Lipinski definition) is 2. The van der Waals surface area contributed by atoms with Gasteiger partial charge in [-0.25, -0.2) is 13.8 Å². The summed E-state index contributed by atoms with van der Waals surface area (Å²) in [5, 5.41) is 4.21. The summed E-state index contributed by atoms with van der Waals surface area (Å²) in [6.07, 6.45) is 3.22. The van der Waals surface area contributed by atoms with Gasteiger partial charge in [0.25, 0.3) is 5.91 Å². The van der Waals surface area contributed by atoms with Crippen LogP contribution in [-0.2, 0) is 4.79 Å². The van der Waals surface area contributed by atoms with Gasteiger partial charge in [0, 0.05) is 22.5 Å². The second-order valence-corrected chi connectivity index (χ2v) is 6.74. The van der Waals surface area contributed by atoms with Gasteiger partial charge in [0.05, 0.1) is 10.2 Å². The molecule has 1 aromatic heterocycles. The molecule has 0 fully saturated rings. The topological polar surface area (TPSA) is 74.3 Å². The Balaban J connectivity index is 1.74. The average Bonchev–Trinajstić information content (AvgIpc) is 2.98. The molecule has 2 aromatic carbocycles. The number of hydrogen-bond acceptors (Lipinski definition) is 4. The Hall–Kier alpha value is -3.39. The number of nitrogens with zero attached hydrogens (tertiary/aromatic N) is 1. The van der Waals surface area contributed by atoms with Crippen LogP contribution in [0.15, 0.2) is 57.8 Å². The number of thiazole rings is 1. The lowest BCUT2D eigenvalue weighted by Crippen LogP contribution is -2.29. The van der Waals surface area contributed by atoms with Gasteiger partial charge in [-0.2, -0.15) is 0 Å². The zero-order valence-corrected chi connectivity index (χ0v) is 14.4. The number of halogens is 2. The molecule has 2 N–H and O–H groups in total. The smallest absolute Gasteiger partial charge is 0.306 e. The summed E-state index contributed by atoms with van der Waals surface area (Å²) in [4.78, 5) is 30.8. The van der Waals surface area contributed by atoms with Crippen molar-refractivity contribution in [1.29, 1.82) is 0 Å². The van der Waals surface area contributed by atoms with Gasteiger partial charge in [-0.15, -0.1) is 0 Å².